The van der Waals surface area contributed by atoms with Crippen molar-refractivity contribution in [2.75, 3.05) is 5.32 Å². The molecule has 1 aromatic rings. The highest BCUT2D eigenvalue weighted by Crippen LogP contribution is 2.09. The van der Waals surface area contributed by atoms with Crippen LogP contribution < -0.4 is 5.32 Å². The molecule has 0 spiro atoms. The summed E-state index contributed by atoms with van der Waals surface area (Å²) in [6, 6.07) is 3.68. The van der Waals surface area contributed by atoms with Gasteiger partial charge in [0.15, 0.2) is 0 Å². The van der Waals surface area contributed by atoms with Gasteiger partial charge in [0.1, 0.15) is 4.60 Å². The molecule has 0 fully saturated rings. The van der Waals surface area contributed by atoms with Crippen LogP contribution in [0.5, 0.6) is 0 Å². The molecule has 1 aromatic heterocycles. The minimum absolute atomic E-state index is 0.411. The van der Waals surface area contributed by atoms with Gasteiger partial charge < -0.3 is 5.32 Å². The van der Waals surface area contributed by atoms with Gasteiger partial charge >= 0.3 is 0 Å². The first-order valence-corrected chi connectivity index (χ1v) is 3.91. The van der Waals surface area contributed by atoms with E-state index in [1.54, 1.807) is 13.1 Å². The van der Waals surface area contributed by atoms with Crippen LogP contribution >= 0.6 is 15.9 Å². The topological polar surface area (TPSA) is 48.8 Å². The van der Waals surface area contributed by atoms with Crippen LogP contribution in [0.4, 0.5) is 5.69 Å². The molecule has 0 saturated carbocycles. The maximum Gasteiger partial charge on any atom is 0.106 e. The number of nitrogens with zero attached hydrogens (tertiary/aromatic N) is 1. The highest BCUT2D eigenvalue weighted by Gasteiger charge is 1.91. The highest BCUT2D eigenvalue weighted by molar-refractivity contribution is 9.10. The highest BCUT2D eigenvalue weighted by atomic mass is 79.9. The lowest BCUT2D eigenvalue weighted by molar-refractivity contribution is 1.27. The average Bonchev–Trinajstić information content (AvgIpc) is 1.93. The molecule has 1 heterocycles. The predicted octanol–water partition coefficient (Wildman–Crippen LogP) is 2.25. The quantitative estimate of drug-likeness (QED) is 0.428. The molecule has 0 aliphatic rings. The fourth-order valence-electron chi connectivity index (χ4n) is 0.666. The SMILES string of the molecule is CC(=N)Nc1ccc(Br)nc1. The van der Waals surface area contributed by atoms with Gasteiger partial charge in [-0.15, -0.1) is 0 Å². The van der Waals surface area contributed by atoms with Crippen LogP contribution in [0.15, 0.2) is 22.9 Å². The lowest BCUT2D eigenvalue weighted by Gasteiger charge is -2.01. The summed E-state index contributed by atoms with van der Waals surface area (Å²) in [6.45, 7) is 1.68. The number of anilines is 1. The molecule has 0 radical (unpaired) electrons. The van der Waals surface area contributed by atoms with Crippen molar-refractivity contribution in [1.29, 1.82) is 5.41 Å². The van der Waals surface area contributed by atoms with E-state index < -0.39 is 0 Å². The lowest BCUT2D eigenvalue weighted by atomic mass is 10.4. The number of rotatable bonds is 1. The monoisotopic (exact) mass is 213 g/mol. The summed E-state index contributed by atoms with van der Waals surface area (Å²) in [5, 5.41) is 9.97. The van der Waals surface area contributed by atoms with Crippen LogP contribution in [-0.4, -0.2) is 10.8 Å². The smallest absolute Gasteiger partial charge is 0.106 e. The Morgan fingerprint density at radius 3 is 2.82 bits per heavy atom. The zero-order valence-corrected chi connectivity index (χ0v) is 7.64. The number of pyridine rings is 1. The molecule has 0 bridgehead atoms. The Labute approximate surface area is 73.5 Å². The summed E-state index contributed by atoms with van der Waals surface area (Å²) in [5.74, 6) is 0.411. The molecule has 0 aromatic carbocycles. The van der Waals surface area contributed by atoms with Crippen molar-refractivity contribution in [3.63, 3.8) is 0 Å². The molecule has 1 rings (SSSR count). The van der Waals surface area contributed by atoms with Crippen LogP contribution in [0.25, 0.3) is 0 Å². The summed E-state index contributed by atoms with van der Waals surface area (Å²) in [5.41, 5.74) is 0.834. The average molecular weight is 214 g/mol. The van der Waals surface area contributed by atoms with Gasteiger partial charge in [-0.25, -0.2) is 4.98 Å². The minimum atomic E-state index is 0.411. The van der Waals surface area contributed by atoms with E-state index in [0.717, 1.165) is 10.3 Å². The Kier molecular flexibility index (Phi) is 2.59. The van der Waals surface area contributed by atoms with Crippen LogP contribution in [-0.2, 0) is 0 Å². The van der Waals surface area contributed by atoms with Crippen LogP contribution in [0, 0.1) is 5.41 Å². The molecule has 0 atom stereocenters. The molecule has 58 valence electrons. The van der Waals surface area contributed by atoms with Crippen molar-refractivity contribution < 1.29 is 0 Å². The molecular weight excluding hydrogens is 206 g/mol. The molecule has 3 nitrogen and oxygen atoms in total. The van der Waals surface area contributed by atoms with Crippen molar-refractivity contribution in [3.05, 3.63) is 22.9 Å². The van der Waals surface area contributed by atoms with E-state index in [0.29, 0.717) is 5.84 Å². The van der Waals surface area contributed by atoms with Gasteiger partial charge in [-0.1, -0.05) is 0 Å². The van der Waals surface area contributed by atoms with Gasteiger partial charge in [-0.2, -0.15) is 0 Å². The number of amidine groups is 1. The lowest BCUT2D eigenvalue weighted by Crippen LogP contribution is -2.04. The van der Waals surface area contributed by atoms with Crippen molar-refractivity contribution in [2.24, 2.45) is 0 Å². The Morgan fingerprint density at radius 1 is 1.64 bits per heavy atom. The Morgan fingerprint density at radius 2 is 2.36 bits per heavy atom. The van der Waals surface area contributed by atoms with Gasteiger partial charge in [0.25, 0.3) is 0 Å². The third-order valence-corrected chi connectivity index (χ3v) is 1.53. The van der Waals surface area contributed by atoms with Gasteiger partial charge in [0, 0.05) is 0 Å². The Hall–Kier alpha value is -0.900. The number of hydrogen-bond donors (Lipinski definition) is 2. The van der Waals surface area contributed by atoms with Crippen LogP contribution in [0.1, 0.15) is 6.92 Å². The minimum Gasteiger partial charge on any atom is -0.343 e. The van der Waals surface area contributed by atoms with E-state index in [2.05, 4.69) is 26.2 Å². The van der Waals surface area contributed by atoms with E-state index in [-0.39, 0.29) is 0 Å². The third-order valence-electron chi connectivity index (χ3n) is 1.06. The molecule has 0 saturated heterocycles. The molecule has 2 N–H and O–H groups in total. The molecule has 0 aliphatic heterocycles. The molecule has 0 amide bonds. The van der Waals surface area contributed by atoms with E-state index in [1.165, 1.54) is 0 Å². The van der Waals surface area contributed by atoms with Crippen molar-refractivity contribution in [1.82, 2.24) is 4.98 Å². The summed E-state index contributed by atoms with van der Waals surface area (Å²) in [6.07, 6.45) is 1.67. The summed E-state index contributed by atoms with van der Waals surface area (Å²) in [7, 11) is 0. The van der Waals surface area contributed by atoms with Crippen LogP contribution in [0.3, 0.4) is 0 Å². The number of aromatic nitrogens is 1. The maximum absolute atomic E-state index is 7.13. The largest absolute Gasteiger partial charge is 0.343 e. The number of halogens is 1. The normalized spacial score (nSPS) is 9.27. The number of hydrogen-bond acceptors (Lipinski definition) is 2. The molecular formula is C7H8BrN3. The summed E-state index contributed by atoms with van der Waals surface area (Å²) < 4.78 is 0.797. The predicted molar refractivity (Wildman–Crippen MR) is 49.0 cm³/mol. The second-order valence-electron chi connectivity index (χ2n) is 2.12. The Balaban J connectivity index is 2.74. The first-order chi connectivity index (χ1) is 5.18. The van der Waals surface area contributed by atoms with Gasteiger partial charge in [-0.3, -0.25) is 5.41 Å². The van der Waals surface area contributed by atoms with E-state index >= 15 is 0 Å². The second-order valence-corrected chi connectivity index (χ2v) is 2.93. The van der Waals surface area contributed by atoms with E-state index in [9.17, 15) is 0 Å². The summed E-state index contributed by atoms with van der Waals surface area (Å²) >= 11 is 3.22. The zero-order chi connectivity index (χ0) is 8.27. The van der Waals surface area contributed by atoms with Crippen molar-refractivity contribution >= 4 is 27.5 Å². The standard InChI is InChI=1S/C7H8BrN3/c1-5(9)11-6-2-3-7(8)10-4-6/h2-4H,1H3,(H2,9,11). The zero-order valence-electron chi connectivity index (χ0n) is 6.06. The summed E-state index contributed by atoms with van der Waals surface area (Å²) in [4.78, 5) is 3.99. The molecule has 11 heavy (non-hydrogen) atoms. The maximum atomic E-state index is 7.13. The second kappa shape index (κ2) is 3.48. The van der Waals surface area contributed by atoms with Gasteiger partial charge in [0.05, 0.1) is 17.7 Å². The van der Waals surface area contributed by atoms with Crippen LogP contribution in [0.2, 0.25) is 0 Å². The van der Waals surface area contributed by atoms with Gasteiger partial charge in [0.2, 0.25) is 0 Å². The fraction of sp³-hybridized carbons (Fsp3) is 0.143. The Bertz CT molecular complexity index is 255. The van der Waals surface area contributed by atoms with E-state index in [1.807, 2.05) is 12.1 Å². The first-order valence-electron chi connectivity index (χ1n) is 3.12. The van der Waals surface area contributed by atoms with Crippen molar-refractivity contribution in [3.8, 4) is 0 Å². The van der Waals surface area contributed by atoms with Crippen molar-refractivity contribution in [2.45, 2.75) is 6.92 Å². The van der Waals surface area contributed by atoms with E-state index in [4.69, 9.17) is 5.41 Å². The first kappa shape index (κ1) is 8.20. The molecule has 0 aliphatic carbocycles. The fourth-order valence-corrected chi connectivity index (χ4v) is 0.901. The number of nitrogens with one attached hydrogen (secondary N) is 2. The molecule has 4 heteroatoms. The molecule has 0 unspecified atom stereocenters. The third kappa shape index (κ3) is 2.67. The van der Waals surface area contributed by atoms with Gasteiger partial charge in [-0.05, 0) is 35.0 Å².